The maximum Gasteiger partial charge on any atom is 0.277 e. The van der Waals surface area contributed by atoms with Crippen LogP contribution in [0.2, 0.25) is 0 Å². The molecule has 0 radical (unpaired) electrons. The lowest BCUT2D eigenvalue weighted by atomic mass is 10.1. The molecule has 3 aromatic rings. The van der Waals surface area contributed by atoms with E-state index >= 15 is 0 Å². The Morgan fingerprint density at radius 3 is 2.52 bits per heavy atom. The topological polar surface area (TPSA) is 77.2 Å². The first-order chi connectivity index (χ1) is 13.1. The van der Waals surface area contributed by atoms with Crippen LogP contribution < -0.4 is 10.1 Å². The highest BCUT2D eigenvalue weighted by Crippen LogP contribution is 2.19. The number of rotatable bonds is 8. The molecule has 0 aliphatic rings. The lowest BCUT2D eigenvalue weighted by Crippen LogP contribution is -2.24. The molecule has 0 saturated heterocycles. The molecule has 0 spiro atoms. The Morgan fingerprint density at radius 2 is 1.81 bits per heavy atom. The standard InChI is InChI=1S/C19H18FN3O3S/c1-25-16-8-4-13(5-9-16)10-18-22-23-19(26-18)27-12-17(24)21-11-14-2-6-15(20)7-3-14/h2-9H,10-12H2,1H3,(H,21,24). The third-order valence-electron chi connectivity index (χ3n) is 3.69. The molecule has 6 nitrogen and oxygen atoms in total. The Hall–Kier alpha value is -2.87. The van der Waals surface area contributed by atoms with E-state index in [0.29, 0.717) is 24.1 Å². The van der Waals surface area contributed by atoms with Gasteiger partial charge in [0.1, 0.15) is 11.6 Å². The molecule has 1 aromatic heterocycles. The fourth-order valence-electron chi connectivity index (χ4n) is 2.27. The van der Waals surface area contributed by atoms with Crippen LogP contribution >= 0.6 is 11.8 Å². The van der Waals surface area contributed by atoms with E-state index in [4.69, 9.17) is 9.15 Å². The summed E-state index contributed by atoms with van der Waals surface area (Å²) in [6, 6.07) is 13.6. The van der Waals surface area contributed by atoms with Crippen molar-refractivity contribution in [1.29, 1.82) is 0 Å². The highest BCUT2D eigenvalue weighted by molar-refractivity contribution is 7.99. The number of thioether (sulfide) groups is 1. The van der Waals surface area contributed by atoms with Gasteiger partial charge in [-0.25, -0.2) is 4.39 Å². The SMILES string of the molecule is COc1ccc(Cc2nnc(SCC(=O)NCc3ccc(F)cc3)o2)cc1. The van der Waals surface area contributed by atoms with Crippen molar-refractivity contribution in [3.8, 4) is 5.75 Å². The van der Waals surface area contributed by atoms with Crippen LogP contribution in [0.15, 0.2) is 58.2 Å². The predicted octanol–water partition coefficient (Wildman–Crippen LogP) is 3.22. The van der Waals surface area contributed by atoms with Crippen LogP contribution in [0.3, 0.4) is 0 Å². The summed E-state index contributed by atoms with van der Waals surface area (Å²) >= 11 is 1.17. The molecule has 1 N–H and O–H groups in total. The molecule has 0 saturated carbocycles. The van der Waals surface area contributed by atoms with E-state index in [1.54, 1.807) is 19.2 Å². The third kappa shape index (κ3) is 5.82. The minimum Gasteiger partial charge on any atom is -0.497 e. The number of nitrogens with zero attached hydrogens (tertiary/aromatic N) is 2. The molecule has 0 atom stereocenters. The Bertz CT molecular complexity index is 882. The van der Waals surface area contributed by atoms with Crippen LogP contribution in [0.4, 0.5) is 4.39 Å². The molecule has 1 amide bonds. The van der Waals surface area contributed by atoms with Crippen molar-refractivity contribution in [3.63, 3.8) is 0 Å². The Morgan fingerprint density at radius 1 is 1.11 bits per heavy atom. The van der Waals surface area contributed by atoms with Crippen molar-refractivity contribution >= 4 is 17.7 Å². The van der Waals surface area contributed by atoms with Gasteiger partial charge in [-0.15, -0.1) is 10.2 Å². The Kier molecular flexibility index (Phi) is 6.43. The number of amides is 1. The number of benzene rings is 2. The summed E-state index contributed by atoms with van der Waals surface area (Å²) in [6.07, 6.45) is 0.508. The van der Waals surface area contributed by atoms with Gasteiger partial charge < -0.3 is 14.5 Å². The number of halogens is 1. The zero-order valence-corrected chi connectivity index (χ0v) is 15.5. The van der Waals surface area contributed by atoms with Gasteiger partial charge in [-0.1, -0.05) is 36.0 Å². The molecule has 0 aliphatic carbocycles. The van der Waals surface area contributed by atoms with Crippen LogP contribution in [0.5, 0.6) is 5.75 Å². The van der Waals surface area contributed by atoms with Gasteiger partial charge in [0.05, 0.1) is 19.3 Å². The van der Waals surface area contributed by atoms with E-state index in [1.807, 2.05) is 24.3 Å². The van der Waals surface area contributed by atoms with E-state index in [2.05, 4.69) is 15.5 Å². The minimum absolute atomic E-state index is 0.158. The van der Waals surface area contributed by atoms with Gasteiger partial charge in [-0.2, -0.15) is 0 Å². The van der Waals surface area contributed by atoms with E-state index in [-0.39, 0.29) is 17.5 Å². The van der Waals surface area contributed by atoms with Crippen molar-refractivity contribution in [2.75, 3.05) is 12.9 Å². The number of methoxy groups -OCH3 is 1. The maximum atomic E-state index is 12.8. The lowest BCUT2D eigenvalue weighted by Gasteiger charge is -2.04. The van der Waals surface area contributed by atoms with Crippen LogP contribution in [0, 0.1) is 5.82 Å². The van der Waals surface area contributed by atoms with Gasteiger partial charge in [0.2, 0.25) is 11.8 Å². The summed E-state index contributed by atoms with van der Waals surface area (Å²) in [5.41, 5.74) is 1.85. The van der Waals surface area contributed by atoms with E-state index < -0.39 is 0 Å². The third-order valence-corrected chi connectivity index (χ3v) is 4.51. The Balaban J connectivity index is 1.44. The zero-order chi connectivity index (χ0) is 19.1. The molecule has 1 heterocycles. The number of aromatic nitrogens is 2. The molecule has 27 heavy (non-hydrogen) atoms. The molecule has 2 aromatic carbocycles. The number of carbonyl (C=O) groups is 1. The molecule has 8 heteroatoms. The number of nitrogens with one attached hydrogen (secondary N) is 1. The van der Waals surface area contributed by atoms with E-state index in [1.165, 1.54) is 23.9 Å². The average Bonchev–Trinajstić information content (AvgIpc) is 3.14. The number of carbonyl (C=O) groups excluding carboxylic acids is 1. The van der Waals surface area contributed by atoms with Gasteiger partial charge in [0.25, 0.3) is 5.22 Å². The highest BCUT2D eigenvalue weighted by atomic mass is 32.2. The van der Waals surface area contributed by atoms with Crippen molar-refractivity contribution < 1.29 is 18.3 Å². The summed E-state index contributed by atoms with van der Waals surface area (Å²) in [6.45, 7) is 0.340. The van der Waals surface area contributed by atoms with Gasteiger partial charge in [0.15, 0.2) is 0 Å². The Labute approximate surface area is 160 Å². The van der Waals surface area contributed by atoms with Crippen LogP contribution in [-0.4, -0.2) is 29.0 Å². The summed E-state index contributed by atoms with van der Waals surface area (Å²) in [4.78, 5) is 11.9. The fourth-order valence-corrected chi connectivity index (χ4v) is 2.88. The first-order valence-corrected chi connectivity index (χ1v) is 9.20. The molecule has 3 rings (SSSR count). The second-order valence-electron chi connectivity index (χ2n) is 5.68. The summed E-state index contributed by atoms with van der Waals surface area (Å²) in [5, 5.41) is 11.0. The van der Waals surface area contributed by atoms with Crippen LogP contribution in [-0.2, 0) is 17.8 Å². The van der Waals surface area contributed by atoms with Gasteiger partial charge >= 0.3 is 0 Å². The fraction of sp³-hybridized carbons (Fsp3) is 0.211. The monoisotopic (exact) mass is 387 g/mol. The molecular weight excluding hydrogens is 369 g/mol. The van der Waals surface area contributed by atoms with E-state index in [0.717, 1.165) is 16.9 Å². The normalized spacial score (nSPS) is 10.6. The average molecular weight is 387 g/mol. The molecule has 0 aliphatic heterocycles. The number of ether oxygens (including phenoxy) is 1. The van der Waals surface area contributed by atoms with Crippen molar-refractivity contribution in [2.45, 2.75) is 18.2 Å². The summed E-state index contributed by atoms with van der Waals surface area (Å²) in [5.74, 6) is 0.953. The number of hydrogen-bond acceptors (Lipinski definition) is 6. The van der Waals surface area contributed by atoms with E-state index in [9.17, 15) is 9.18 Å². The van der Waals surface area contributed by atoms with Crippen LogP contribution in [0.1, 0.15) is 17.0 Å². The lowest BCUT2D eigenvalue weighted by molar-refractivity contribution is -0.118. The van der Waals surface area contributed by atoms with Crippen molar-refractivity contribution in [2.24, 2.45) is 0 Å². The molecule has 0 fully saturated rings. The molecular formula is C19H18FN3O3S. The molecule has 0 unspecified atom stereocenters. The highest BCUT2D eigenvalue weighted by Gasteiger charge is 2.10. The summed E-state index contributed by atoms with van der Waals surface area (Å²) < 4.78 is 23.5. The van der Waals surface area contributed by atoms with Gasteiger partial charge in [0, 0.05) is 6.54 Å². The molecule has 0 bridgehead atoms. The first-order valence-electron chi connectivity index (χ1n) is 8.21. The van der Waals surface area contributed by atoms with Gasteiger partial charge in [-0.05, 0) is 35.4 Å². The van der Waals surface area contributed by atoms with Crippen LogP contribution in [0.25, 0.3) is 0 Å². The van der Waals surface area contributed by atoms with Crippen molar-refractivity contribution in [3.05, 3.63) is 71.4 Å². The second kappa shape index (κ2) is 9.18. The molecule has 140 valence electrons. The smallest absolute Gasteiger partial charge is 0.277 e. The largest absolute Gasteiger partial charge is 0.497 e. The first kappa shape index (κ1) is 18.9. The second-order valence-corrected chi connectivity index (χ2v) is 6.61. The maximum absolute atomic E-state index is 12.8. The zero-order valence-electron chi connectivity index (χ0n) is 14.6. The van der Waals surface area contributed by atoms with Gasteiger partial charge in [-0.3, -0.25) is 4.79 Å². The minimum atomic E-state index is -0.303. The predicted molar refractivity (Wildman–Crippen MR) is 99.1 cm³/mol. The summed E-state index contributed by atoms with van der Waals surface area (Å²) in [7, 11) is 1.62. The number of hydrogen-bond donors (Lipinski definition) is 1. The quantitative estimate of drug-likeness (QED) is 0.598. The van der Waals surface area contributed by atoms with Crippen molar-refractivity contribution in [1.82, 2.24) is 15.5 Å².